The monoisotopic (exact) mass is 319 g/mol. The van der Waals surface area contributed by atoms with Gasteiger partial charge in [-0.05, 0) is 19.3 Å². The van der Waals surface area contributed by atoms with E-state index in [2.05, 4.69) is 6.07 Å². The summed E-state index contributed by atoms with van der Waals surface area (Å²) in [7, 11) is 0. The summed E-state index contributed by atoms with van der Waals surface area (Å²) in [5.41, 5.74) is 0.621. The number of nitrogens with zero attached hydrogens (tertiary/aromatic N) is 1. The molecule has 23 heavy (non-hydrogen) atoms. The van der Waals surface area contributed by atoms with Gasteiger partial charge in [0.2, 0.25) is 0 Å². The Kier molecular flexibility index (Phi) is 4.03. The van der Waals surface area contributed by atoms with Gasteiger partial charge < -0.3 is 4.74 Å². The minimum absolute atomic E-state index is 0.117. The number of ether oxygens (including phenoxy) is 2. The molecule has 7 nitrogen and oxygen atoms in total. The van der Waals surface area contributed by atoms with E-state index in [4.69, 9.17) is 29.0 Å². The van der Waals surface area contributed by atoms with Crippen LogP contribution in [0.15, 0.2) is 30.3 Å². The zero-order valence-corrected chi connectivity index (χ0v) is 12.4. The first kappa shape index (κ1) is 15.0. The van der Waals surface area contributed by atoms with Gasteiger partial charge in [0.15, 0.2) is 19.4 Å². The minimum Gasteiger partial charge on any atom is -0.320 e. The topological polar surface area (TPSA) is 79.2 Å². The van der Waals surface area contributed by atoms with Crippen LogP contribution in [0, 0.1) is 23.2 Å². The fourth-order valence-electron chi connectivity index (χ4n) is 3.36. The highest BCUT2D eigenvalue weighted by atomic mass is 17.3. The maximum absolute atomic E-state index is 9.52. The van der Waals surface area contributed by atoms with E-state index in [9.17, 15) is 5.26 Å². The lowest BCUT2D eigenvalue weighted by Gasteiger charge is -2.19. The molecule has 3 fully saturated rings. The molecule has 7 heteroatoms. The number of hydrogen-bond donors (Lipinski definition) is 0. The van der Waals surface area contributed by atoms with Crippen LogP contribution in [0.5, 0.6) is 0 Å². The second-order valence-electron chi connectivity index (χ2n) is 5.96. The summed E-state index contributed by atoms with van der Waals surface area (Å²) in [5.74, 6) is -1.16. The molecule has 122 valence electrons. The van der Waals surface area contributed by atoms with Crippen LogP contribution in [-0.4, -0.2) is 19.4 Å². The Balaban J connectivity index is 1.43. The number of benzene rings is 1. The van der Waals surface area contributed by atoms with Crippen LogP contribution in [0.4, 0.5) is 0 Å². The van der Waals surface area contributed by atoms with E-state index >= 15 is 0 Å². The van der Waals surface area contributed by atoms with Crippen LogP contribution in [-0.2, 0) is 34.8 Å². The van der Waals surface area contributed by atoms with E-state index in [1.165, 1.54) is 0 Å². The molecule has 0 aromatic heterocycles. The van der Waals surface area contributed by atoms with Gasteiger partial charge in [0.1, 0.15) is 6.07 Å². The quantitative estimate of drug-likeness (QED) is 0.791. The molecular formula is C16H17NO6. The lowest BCUT2D eigenvalue weighted by atomic mass is 10.0. The van der Waals surface area contributed by atoms with E-state index in [1.807, 2.05) is 18.2 Å². The second-order valence-corrected chi connectivity index (χ2v) is 5.96. The fourth-order valence-corrected chi connectivity index (χ4v) is 3.36. The molecule has 4 rings (SSSR count). The van der Waals surface area contributed by atoms with Crippen LogP contribution in [0.1, 0.15) is 24.8 Å². The number of hydrogen-bond acceptors (Lipinski definition) is 7. The highest BCUT2D eigenvalue weighted by Gasteiger charge is 2.50. The van der Waals surface area contributed by atoms with Gasteiger partial charge in [0.05, 0.1) is 0 Å². The SMILES string of the molecule is N#CC1(c2ccccc2)OOC(C2CCC(C3OCOO3)C2)O1. The predicted octanol–water partition coefficient (Wildman–Crippen LogP) is 2.35. The maximum Gasteiger partial charge on any atom is 0.318 e. The molecule has 0 amide bonds. The summed E-state index contributed by atoms with van der Waals surface area (Å²) in [6, 6.07) is 11.2. The molecule has 0 radical (unpaired) electrons. The molecule has 0 spiro atoms. The molecule has 2 heterocycles. The Labute approximate surface area is 133 Å². The fraction of sp³-hybridized carbons (Fsp3) is 0.562. The van der Waals surface area contributed by atoms with Crippen LogP contribution in [0.3, 0.4) is 0 Å². The summed E-state index contributed by atoms with van der Waals surface area (Å²) in [6.07, 6.45) is 1.70. The van der Waals surface area contributed by atoms with Crippen LogP contribution in [0.25, 0.3) is 0 Å². The van der Waals surface area contributed by atoms with Crippen molar-refractivity contribution >= 4 is 0 Å². The molecule has 1 aliphatic carbocycles. The van der Waals surface area contributed by atoms with Crippen LogP contribution in [0.2, 0.25) is 0 Å². The maximum atomic E-state index is 9.52. The Morgan fingerprint density at radius 3 is 2.52 bits per heavy atom. The van der Waals surface area contributed by atoms with Crippen molar-refractivity contribution in [3.05, 3.63) is 35.9 Å². The molecule has 1 saturated carbocycles. The predicted molar refractivity (Wildman–Crippen MR) is 73.5 cm³/mol. The average molecular weight is 319 g/mol. The van der Waals surface area contributed by atoms with Gasteiger partial charge in [-0.25, -0.2) is 9.78 Å². The van der Waals surface area contributed by atoms with Crippen LogP contribution >= 0.6 is 0 Å². The molecule has 1 aromatic rings. The first-order valence-electron chi connectivity index (χ1n) is 7.70. The highest BCUT2D eigenvalue weighted by molar-refractivity contribution is 5.26. The first-order valence-corrected chi connectivity index (χ1v) is 7.70. The van der Waals surface area contributed by atoms with Gasteiger partial charge in [-0.15, -0.1) is 0 Å². The summed E-state index contributed by atoms with van der Waals surface area (Å²) in [5, 5.41) is 9.52. The summed E-state index contributed by atoms with van der Waals surface area (Å²) < 4.78 is 11.2. The summed E-state index contributed by atoms with van der Waals surface area (Å²) >= 11 is 0. The largest absolute Gasteiger partial charge is 0.320 e. The normalized spacial score (nSPS) is 40.3. The molecule has 3 aliphatic rings. The third kappa shape index (κ3) is 2.74. The van der Waals surface area contributed by atoms with Gasteiger partial charge in [-0.3, -0.25) is 4.74 Å². The van der Waals surface area contributed by atoms with Gasteiger partial charge in [0, 0.05) is 17.4 Å². The Bertz CT molecular complexity index is 584. The molecule has 2 aliphatic heterocycles. The van der Waals surface area contributed by atoms with Gasteiger partial charge in [0.25, 0.3) is 0 Å². The Hall–Kier alpha value is -1.53. The Morgan fingerprint density at radius 1 is 1.04 bits per heavy atom. The van der Waals surface area contributed by atoms with Crippen molar-refractivity contribution in [1.29, 1.82) is 5.26 Å². The summed E-state index contributed by atoms with van der Waals surface area (Å²) in [6.45, 7) is 0.164. The highest BCUT2D eigenvalue weighted by Crippen LogP contribution is 2.44. The van der Waals surface area contributed by atoms with Crippen molar-refractivity contribution in [2.75, 3.05) is 6.79 Å². The van der Waals surface area contributed by atoms with Crippen molar-refractivity contribution in [1.82, 2.24) is 0 Å². The molecule has 2 saturated heterocycles. The average Bonchev–Trinajstić information content (AvgIpc) is 3.34. The Morgan fingerprint density at radius 2 is 1.83 bits per heavy atom. The number of rotatable bonds is 3. The van der Waals surface area contributed by atoms with Crippen molar-refractivity contribution in [3.8, 4) is 6.07 Å². The van der Waals surface area contributed by atoms with Gasteiger partial charge >= 0.3 is 5.79 Å². The molecule has 5 unspecified atom stereocenters. The van der Waals surface area contributed by atoms with Crippen molar-refractivity contribution in [3.63, 3.8) is 0 Å². The van der Waals surface area contributed by atoms with Crippen molar-refractivity contribution < 1.29 is 29.0 Å². The molecule has 1 aromatic carbocycles. The van der Waals surface area contributed by atoms with Gasteiger partial charge in [-0.2, -0.15) is 15.0 Å². The molecular weight excluding hydrogens is 302 g/mol. The van der Waals surface area contributed by atoms with E-state index < -0.39 is 12.1 Å². The zero-order valence-electron chi connectivity index (χ0n) is 12.4. The van der Waals surface area contributed by atoms with Crippen molar-refractivity contribution in [2.45, 2.75) is 37.6 Å². The van der Waals surface area contributed by atoms with Crippen molar-refractivity contribution in [2.24, 2.45) is 11.8 Å². The standard InChI is InChI=1S/C16H17NO6/c17-9-16(13-4-2-1-3-5-13)20-15(22-23-16)12-7-6-11(8-12)14-18-10-19-21-14/h1-5,11-12,14-15H,6-8,10H2. The lowest BCUT2D eigenvalue weighted by molar-refractivity contribution is -0.324. The third-order valence-electron chi connectivity index (χ3n) is 4.57. The first-order chi connectivity index (χ1) is 11.3. The molecule has 0 N–H and O–H groups in total. The summed E-state index contributed by atoms with van der Waals surface area (Å²) in [4.78, 5) is 20.5. The van der Waals surface area contributed by atoms with E-state index in [1.54, 1.807) is 12.1 Å². The van der Waals surface area contributed by atoms with E-state index in [0.717, 1.165) is 19.3 Å². The smallest absolute Gasteiger partial charge is 0.318 e. The van der Waals surface area contributed by atoms with Gasteiger partial charge in [-0.1, -0.05) is 30.3 Å². The third-order valence-corrected chi connectivity index (χ3v) is 4.57. The second kappa shape index (κ2) is 6.17. The van der Waals surface area contributed by atoms with E-state index in [-0.39, 0.29) is 24.9 Å². The zero-order chi connectivity index (χ0) is 15.7. The number of nitriles is 1. The van der Waals surface area contributed by atoms with E-state index in [0.29, 0.717) is 5.56 Å². The minimum atomic E-state index is -1.51. The molecule has 5 atom stereocenters. The lowest BCUT2D eigenvalue weighted by Crippen LogP contribution is -2.28. The molecule has 0 bridgehead atoms. The van der Waals surface area contributed by atoms with Crippen LogP contribution < -0.4 is 0 Å².